The van der Waals surface area contributed by atoms with Crippen LogP contribution in [0.25, 0.3) is 0 Å². The monoisotopic (exact) mass is 236 g/mol. The van der Waals surface area contributed by atoms with Gasteiger partial charge in [-0.05, 0) is 0 Å². The SMILES string of the molecule is COCCNCC(O)c1ncc(Cl)s1. The minimum atomic E-state index is -0.593. The largest absolute Gasteiger partial charge is 0.385 e. The van der Waals surface area contributed by atoms with E-state index in [2.05, 4.69) is 10.3 Å². The number of rotatable bonds is 6. The molecule has 14 heavy (non-hydrogen) atoms. The Hall–Kier alpha value is -0.200. The molecule has 1 atom stereocenters. The summed E-state index contributed by atoms with van der Waals surface area (Å²) in [5.74, 6) is 0. The Kier molecular flexibility index (Phi) is 5.36. The fourth-order valence-electron chi connectivity index (χ4n) is 0.921. The lowest BCUT2D eigenvalue weighted by molar-refractivity contribution is 0.161. The second kappa shape index (κ2) is 6.31. The third-order valence-corrected chi connectivity index (χ3v) is 2.82. The van der Waals surface area contributed by atoms with Gasteiger partial charge in [-0.1, -0.05) is 11.6 Å². The van der Waals surface area contributed by atoms with Gasteiger partial charge in [-0.25, -0.2) is 4.98 Å². The smallest absolute Gasteiger partial charge is 0.124 e. The summed E-state index contributed by atoms with van der Waals surface area (Å²) in [5, 5.41) is 13.3. The molecule has 1 heterocycles. The first-order chi connectivity index (χ1) is 6.74. The van der Waals surface area contributed by atoms with E-state index in [4.69, 9.17) is 16.3 Å². The molecule has 1 rings (SSSR count). The highest BCUT2D eigenvalue weighted by Crippen LogP contribution is 2.23. The molecule has 2 N–H and O–H groups in total. The maximum atomic E-state index is 9.62. The van der Waals surface area contributed by atoms with E-state index in [1.54, 1.807) is 13.3 Å². The van der Waals surface area contributed by atoms with Crippen molar-refractivity contribution < 1.29 is 9.84 Å². The molecule has 1 unspecified atom stereocenters. The van der Waals surface area contributed by atoms with Gasteiger partial charge in [0.2, 0.25) is 0 Å². The van der Waals surface area contributed by atoms with Crippen LogP contribution in [0.2, 0.25) is 4.34 Å². The Bertz CT molecular complexity index is 270. The fourth-order valence-corrected chi connectivity index (χ4v) is 1.84. The van der Waals surface area contributed by atoms with E-state index in [1.807, 2.05) is 0 Å². The summed E-state index contributed by atoms with van der Waals surface area (Å²) in [6.07, 6.45) is 0.948. The van der Waals surface area contributed by atoms with Gasteiger partial charge in [-0.2, -0.15) is 0 Å². The topological polar surface area (TPSA) is 54.4 Å². The highest BCUT2D eigenvalue weighted by Gasteiger charge is 2.10. The molecule has 4 nitrogen and oxygen atoms in total. The lowest BCUT2D eigenvalue weighted by Gasteiger charge is -2.08. The van der Waals surface area contributed by atoms with E-state index in [-0.39, 0.29) is 0 Å². The van der Waals surface area contributed by atoms with Crippen molar-refractivity contribution in [2.75, 3.05) is 26.8 Å². The molecule has 0 radical (unpaired) electrons. The Morgan fingerprint density at radius 1 is 1.79 bits per heavy atom. The summed E-state index contributed by atoms with van der Waals surface area (Å²) in [5.41, 5.74) is 0. The van der Waals surface area contributed by atoms with Crippen LogP contribution in [0, 0.1) is 0 Å². The van der Waals surface area contributed by atoms with Crippen molar-refractivity contribution in [2.24, 2.45) is 0 Å². The van der Waals surface area contributed by atoms with E-state index in [9.17, 15) is 5.11 Å². The van der Waals surface area contributed by atoms with Crippen LogP contribution in [0.5, 0.6) is 0 Å². The van der Waals surface area contributed by atoms with Gasteiger partial charge in [0.25, 0.3) is 0 Å². The van der Waals surface area contributed by atoms with Crippen LogP contribution in [0.15, 0.2) is 6.20 Å². The van der Waals surface area contributed by atoms with Crippen molar-refractivity contribution in [1.82, 2.24) is 10.3 Å². The van der Waals surface area contributed by atoms with E-state index in [0.717, 1.165) is 0 Å². The predicted octanol–water partition coefficient (Wildman–Crippen LogP) is 1.07. The van der Waals surface area contributed by atoms with Gasteiger partial charge in [-0.3, -0.25) is 0 Å². The third kappa shape index (κ3) is 3.89. The van der Waals surface area contributed by atoms with Crippen molar-refractivity contribution in [3.63, 3.8) is 0 Å². The minimum absolute atomic E-state index is 0.465. The molecule has 0 aliphatic rings. The van der Waals surface area contributed by atoms with Crippen molar-refractivity contribution in [2.45, 2.75) is 6.10 Å². The lowest BCUT2D eigenvalue weighted by atomic mass is 10.4. The number of ether oxygens (including phenoxy) is 1. The van der Waals surface area contributed by atoms with Crippen LogP contribution in [0.3, 0.4) is 0 Å². The van der Waals surface area contributed by atoms with Crippen LogP contribution < -0.4 is 5.32 Å². The van der Waals surface area contributed by atoms with E-state index in [0.29, 0.717) is 29.0 Å². The molecule has 0 aromatic carbocycles. The van der Waals surface area contributed by atoms with Gasteiger partial charge >= 0.3 is 0 Å². The second-order valence-electron chi connectivity index (χ2n) is 2.72. The molecule has 0 aliphatic heterocycles. The number of aromatic nitrogens is 1. The van der Waals surface area contributed by atoms with Gasteiger partial charge in [-0.15, -0.1) is 11.3 Å². The number of nitrogens with one attached hydrogen (secondary N) is 1. The van der Waals surface area contributed by atoms with Gasteiger partial charge in [0.1, 0.15) is 15.4 Å². The summed E-state index contributed by atoms with van der Waals surface area (Å²) in [4.78, 5) is 3.98. The molecule has 0 aliphatic carbocycles. The van der Waals surface area contributed by atoms with Crippen LogP contribution in [0.1, 0.15) is 11.1 Å². The molecule has 0 amide bonds. The zero-order valence-corrected chi connectivity index (χ0v) is 9.44. The first-order valence-corrected chi connectivity index (χ1v) is 5.42. The number of halogens is 1. The second-order valence-corrected chi connectivity index (χ2v) is 4.41. The summed E-state index contributed by atoms with van der Waals surface area (Å²) in [6, 6.07) is 0. The summed E-state index contributed by atoms with van der Waals surface area (Å²) >= 11 is 6.99. The average molecular weight is 237 g/mol. The molecule has 0 saturated heterocycles. The van der Waals surface area contributed by atoms with Gasteiger partial charge in [0.05, 0.1) is 12.8 Å². The number of aliphatic hydroxyl groups is 1. The molecule has 6 heteroatoms. The maximum Gasteiger partial charge on any atom is 0.124 e. The predicted molar refractivity (Wildman–Crippen MR) is 56.8 cm³/mol. The number of hydrogen-bond acceptors (Lipinski definition) is 5. The van der Waals surface area contributed by atoms with E-state index in [1.165, 1.54) is 11.3 Å². The van der Waals surface area contributed by atoms with Crippen LogP contribution in [-0.4, -0.2) is 36.9 Å². The van der Waals surface area contributed by atoms with Crippen LogP contribution >= 0.6 is 22.9 Å². The highest BCUT2D eigenvalue weighted by atomic mass is 35.5. The van der Waals surface area contributed by atoms with Gasteiger partial charge in [0, 0.05) is 20.2 Å². The quantitative estimate of drug-likeness (QED) is 0.726. The zero-order valence-electron chi connectivity index (χ0n) is 7.86. The third-order valence-electron chi connectivity index (χ3n) is 1.60. The van der Waals surface area contributed by atoms with Crippen molar-refractivity contribution in [3.8, 4) is 0 Å². The molecule has 1 aromatic rings. The normalized spacial score (nSPS) is 13.1. The van der Waals surface area contributed by atoms with Crippen molar-refractivity contribution in [1.29, 1.82) is 0 Å². The van der Waals surface area contributed by atoms with Crippen LogP contribution in [0.4, 0.5) is 0 Å². The number of aliphatic hydroxyl groups excluding tert-OH is 1. The first kappa shape index (κ1) is 11.9. The molecular formula is C8H13ClN2O2S. The van der Waals surface area contributed by atoms with Gasteiger partial charge in [0.15, 0.2) is 0 Å². The zero-order chi connectivity index (χ0) is 10.4. The average Bonchev–Trinajstić information content (AvgIpc) is 2.59. The Morgan fingerprint density at radius 2 is 2.57 bits per heavy atom. The molecule has 0 spiro atoms. The Labute approximate surface area is 91.9 Å². The lowest BCUT2D eigenvalue weighted by Crippen LogP contribution is -2.24. The number of methoxy groups -OCH3 is 1. The highest BCUT2D eigenvalue weighted by molar-refractivity contribution is 7.15. The Morgan fingerprint density at radius 3 is 3.14 bits per heavy atom. The number of thiazole rings is 1. The molecule has 0 bridgehead atoms. The summed E-state index contributed by atoms with van der Waals surface area (Å²) in [6.45, 7) is 1.81. The molecule has 0 saturated carbocycles. The van der Waals surface area contributed by atoms with Crippen molar-refractivity contribution in [3.05, 3.63) is 15.5 Å². The van der Waals surface area contributed by atoms with E-state index >= 15 is 0 Å². The number of nitrogens with zero attached hydrogens (tertiary/aromatic N) is 1. The van der Waals surface area contributed by atoms with E-state index < -0.39 is 6.10 Å². The Balaban J connectivity index is 2.25. The standard InChI is InChI=1S/C8H13ClN2O2S/c1-13-3-2-10-4-6(12)8-11-5-7(9)14-8/h5-6,10,12H,2-4H2,1H3. The van der Waals surface area contributed by atoms with Gasteiger partial charge < -0.3 is 15.2 Å². The molecule has 1 aromatic heterocycles. The molecule has 80 valence electrons. The van der Waals surface area contributed by atoms with Crippen LogP contribution in [-0.2, 0) is 4.74 Å². The minimum Gasteiger partial charge on any atom is -0.385 e. The molecular weight excluding hydrogens is 224 g/mol. The maximum absolute atomic E-state index is 9.62. The summed E-state index contributed by atoms with van der Waals surface area (Å²) < 4.78 is 5.45. The summed E-state index contributed by atoms with van der Waals surface area (Å²) in [7, 11) is 1.64. The molecule has 0 fully saturated rings. The van der Waals surface area contributed by atoms with Crippen molar-refractivity contribution >= 4 is 22.9 Å². The number of hydrogen-bond donors (Lipinski definition) is 2. The fraction of sp³-hybridized carbons (Fsp3) is 0.625. The first-order valence-electron chi connectivity index (χ1n) is 4.23.